The molecule has 0 bridgehead atoms. The zero-order valence-corrected chi connectivity index (χ0v) is 17.8. The van der Waals surface area contributed by atoms with Gasteiger partial charge in [0.2, 0.25) is 0 Å². The van der Waals surface area contributed by atoms with E-state index in [2.05, 4.69) is 37.2 Å². The maximum absolute atomic E-state index is 12.3. The summed E-state index contributed by atoms with van der Waals surface area (Å²) in [5, 5.41) is 0. The fraction of sp³-hybridized carbons (Fsp3) is 0.375. The van der Waals surface area contributed by atoms with Crippen molar-refractivity contribution in [1.82, 2.24) is 4.90 Å². The molecule has 0 aromatic heterocycles. The van der Waals surface area contributed by atoms with Gasteiger partial charge in [-0.05, 0) is 76.5 Å². The molecular weight excluding hydrogens is 370 g/mol. The van der Waals surface area contributed by atoms with E-state index in [0.717, 1.165) is 12.1 Å². The molecule has 1 aliphatic rings. The van der Waals surface area contributed by atoms with Crippen molar-refractivity contribution in [2.24, 2.45) is 0 Å². The number of carbonyl (C=O) groups excluding carboxylic acids is 1. The maximum Gasteiger partial charge on any atom is 0.343 e. The fourth-order valence-corrected chi connectivity index (χ4v) is 3.61. The van der Waals surface area contributed by atoms with Gasteiger partial charge < -0.3 is 9.64 Å². The van der Waals surface area contributed by atoms with Gasteiger partial charge in [0.25, 0.3) is 0 Å². The first-order valence-corrected chi connectivity index (χ1v) is 9.75. The first-order chi connectivity index (χ1) is 13.0. The van der Waals surface area contributed by atoms with Crippen LogP contribution in [0.3, 0.4) is 0 Å². The Balaban J connectivity index is 0.00000280. The monoisotopic (exact) mass is 399 g/mol. The van der Waals surface area contributed by atoms with Crippen LogP contribution in [0.1, 0.15) is 53.1 Å². The summed E-state index contributed by atoms with van der Waals surface area (Å²) in [5.74, 6) is 0.676. The molecular formula is C24H30ClNO2. The Kier molecular flexibility index (Phi) is 8.28. The van der Waals surface area contributed by atoms with Gasteiger partial charge in [-0.15, -0.1) is 12.4 Å². The van der Waals surface area contributed by atoms with Crippen molar-refractivity contribution in [3.63, 3.8) is 0 Å². The molecule has 0 fully saturated rings. The number of likely N-dealkylation sites (N-methyl/N-ethyl adjacent to an activating group) is 1. The van der Waals surface area contributed by atoms with E-state index in [-0.39, 0.29) is 18.4 Å². The molecule has 0 saturated carbocycles. The summed E-state index contributed by atoms with van der Waals surface area (Å²) >= 11 is 0. The van der Waals surface area contributed by atoms with Crippen molar-refractivity contribution in [3.05, 3.63) is 76.9 Å². The van der Waals surface area contributed by atoms with Crippen molar-refractivity contribution < 1.29 is 9.53 Å². The molecule has 1 aliphatic carbocycles. The van der Waals surface area contributed by atoms with Gasteiger partial charge in [-0.3, -0.25) is 0 Å². The van der Waals surface area contributed by atoms with Crippen LogP contribution < -0.4 is 4.74 Å². The number of rotatable bonds is 6. The average Bonchev–Trinajstić information content (AvgIpc) is 2.68. The molecule has 0 N–H and O–H groups in total. The lowest BCUT2D eigenvalue weighted by Crippen LogP contribution is -2.22. The molecule has 3 rings (SSSR count). The molecule has 0 radical (unpaired) electrons. The number of benzene rings is 2. The molecule has 0 saturated heterocycles. The molecule has 3 nitrogen and oxygen atoms in total. The van der Waals surface area contributed by atoms with E-state index in [0.29, 0.717) is 17.2 Å². The Bertz CT molecular complexity index is 794. The van der Waals surface area contributed by atoms with Crippen LogP contribution in [0, 0.1) is 6.92 Å². The van der Waals surface area contributed by atoms with E-state index in [1.807, 2.05) is 31.2 Å². The Morgan fingerprint density at radius 1 is 1.04 bits per heavy atom. The van der Waals surface area contributed by atoms with Crippen LogP contribution >= 0.6 is 12.4 Å². The van der Waals surface area contributed by atoms with E-state index in [4.69, 9.17) is 4.74 Å². The molecule has 0 aliphatic heterocycles. The Morgan fingerprint density at radius 2 is 1.71 bits per heavy atom. The highest BCUT2D eigenvalue weighted by atomic mass is 35.5. The Morgan fingerprint density at radius 3 is 2.29 bits per heavy atom. The number of hydrogen-bond donors (Lipinski definition) is 0. The van der Waals surface area contributed by atoms with E-state index in [9.17, 15) is 4.79 Å². The summed E-state index contributed by atoms with van der Waals surface area (Å²) in [6.45, 7) is 2.99. The minimum atomic E-state index is -0.317. The van der Waals surface area contributed by atoms with E-state index < -0.39 is 0 Å². The van der Waals surface area contributed by atoms with E-state index in [1.54, 1.807) is 17.7 Å². The number of allylic oxidation sites excluding steroid dienone is 1. The van der Waals surface area contributed by atoms with Crippen LogP contribution in [-0.2, 0) is 0 Å². The first kappa shape index (κ1) is 22.2. The van der Waals surface area contributed by atoms with Gasteiger partial charge in [-0.2, -0.15) is 0 Å². The van der Waals surface area contributed by atoms with Crippen molar-refractivity contribution in [2.45, 2.75) is 38.5 Å². The molecule has 2 aromatic carbocycles. The topological polar surface area (TPSA) is 29.5 Å². The highest BCUT2D eigenvalue weighted by molar-refractivity contribution is 5.91. The standard InChI is InChI=1S/C24H29NO2.ClH/c1-18-9-11-21(12-10-18)24(26)27-22-15-13-20(14-16-22)23(17-25(2)3)19-7-5-4-6-8-19;/h7,9-16,23H,4-6,8,17H2,1-3H3;1H. The number of nitrogens with zero attached hydrogens (tertiary/aromatic N) is 1. The third kappa shape index (κ3) is 5.95. The van der Waals surface area contributed by atoms with Crippen molar-refractivity contribution >= 4 is 18.4 Å². The SMILES string of the molecule is Cc1ccc(C(=O)Oc2ccc(C(CN(C)C)C3=CCCCC3)cc2)cc1.Cl. The molecule has 150 valence electrons. The number of halogens is 1. The van der Waals surface area contributed by atoms with Crippen LogP contribution in [0.2, 0.25) is 0 Å². The summed E-state index contributed by atoms with van der Waals surface area (Å²) in [6, 6.07) is 15.5. The first-order valence-electron chi connectivity index (χ1n) is 9.75. The molecule has 0 amide bonds. The zero-order valence-electron chi connectivity index (χ0n) is 17.0. The summed E-state index contributed by atoms with van der Waals surface area (Å²) in [4.78, 5) is 14.5. The van der Waals surface area contributed by atoms with Gasteiger partial charge in [0.1, 0.15) is 5.75 Å². The summed E-state index contributed by atoms with van der Waals surface area (Å²) < 4.78 is 5.54. The van der Waals surface area contributed by atoms with Gasteiger partial charge in [-0.1, -0.05) is 41.5 Å². The Hall–Kier alpha value is -2.10. The second-order valence-electron chi connectivity index (χ2n) is 7.66. The van der Waals surface area contributed by atoms with Crippen LogP contribution in [-0.4, -0.2) is 31.5 Å². The smallest absolute Gasteiger partial charge is 0.343 e. The predicted molar refractivity (Wildman–Crippen MR) is 118 cm³/mol. The van der Waals surface area contributed by atoms with Gasteiger partial charge in [0.05, 0.1) is 5.56 Å². The quantitative estimate of drug-likeness (QED) is 0.350. The molecule has 1 unspecified atom stereocenters. The normalized spacial score (nSPS) is 14.8. The van der Waals surface area contributed by atoms with Crippen molar-refractivity contribution in [1.29, 1.82) is 0 Å². The van der Waals surface area contributed by atoms with Gasteiger partial charge in [0.15, 0.2) is 0 Å². The van der Waals surface area contributed by atoms with Crippen LogP contribution in [0.25, 0.3) is 0 Å². The van der Waals surface area contributed by atoms with Crippen molar-refractivity contribution in [3.8, 4) is 5.75 Å². The average molecular weight is 400 g/mol. The van der Waals surface area contributed by atoms with Crippen molar-refractivity contribution in [2.75, 3.05) is 20.6 Å². The van der Waals surface area contributed by atoms with E-state index >= 15 is 0 Å². The third-order valence-corrected chi connectivity index (χ3v) is 5.10. The number of ether oxygens (including phenoxy) is 1. The fourth-order valence-electron chi connectivity index (χ4n) is 3.61. The lowest BCUT2D eigenvalue weighted by molar-refractivity contribution is 0.0734. The van der Waals surface area contributed by atoms with Gasteiger partial charge >= 0.3 is 5.97 Å². The summed E-state index contributed by atoms with van der Waals surface area (Å²) in [5.41, 5.74) is 4.52. The van der Waals surface area contributed by atoms with Crippen LogP contribution in [0.5, 0.6) is 5.75 Å². The molecule has 2 aromatic rings. The lowest BCUT2D eigenvalue weighted by Gasteiger charge is -2.26. The minimum absolute atomic E-state index is 0. The summed E-state index contributed by atoms with van der Waals surface area (Å²) in [7, 11) is 4.24. The second kappa shape index (κ2) is 10.4. The molecule has 0 spiro atoms. The minimum Gasteiger partial charge on any atom is -0.423 e. The molecule has 0 heterocycles. The van der Waals surface area contributed by atoms with Gasteiger partial charge in [-0.25, -0.2) is 4.79 Å². The van der Waals surface area contributed by atoms with Crippen LogP contribution in [0.4, 0.5) is 0 Å². The second-order valence-corrected chi connectivity index (χ2v) is 7.66. The zero-order chi connectivity index (χ0) is 19.2. The Labute approximate surface area is 174 Å². The largest absolute Gasteiger partial charge is 0.423 e. The third-order valence-electron chi connectivity index (χ3n) is 5.10. The number of carbonyl (C=O) groups is 1. The highest BCUT2D eigenvalue weighted by Gasteiger charge is 2.19. The molecule has 4 heteroatoms. The number of aryl methyl sites for hydroxylation is 1. The lowest BCUT2D eigenvalue weighted by atomic mass is 9.84. The summed E-state index contributed by atoms with van der Waals surface area (Å²) in [6.07, 6.45) is 7.37. The molecule has 1 atom stereocenters. The molecule has 28 heavy (non-hydrogen) atoms. The maximum atomic E-state index is 12.3. The highest BCUT2D eigenvalue weighted by Crippen LogP contribution is 2.33. The van der Waals surface area contributed by atoms with Gasteiger partial charge in [0, 0.05) is 12.5 Å². The number of hydrogen-bond acceptors (Lipinski definition) is 3. The van der Waals surface area contributed by atoms with E-state index in [1.165, 1.54) is 31.2 Å². The van der Waals surface area contributed by atoms with Crippen LogP contribution in [0.15, 0.2) is 60.2 Å². The number of esters is 1. The predicted octanol–water partition coefficient (Wildman–Crippen LogP) is 5.78.